The lowest BCUT2D eigenvalue weighted by Crippen LogP contribution is -2.30. The molecule has 0 heterocycles. The van der Waals surface area contributed by atoms with Gasteiger partial charge in [-0.3, -0.25) is 0 Å². The van der Waals surface area contributed by atoms with Crippen molar-refractivity contribution in [2.24, 2.45) is 11.5 Å². The Morgan fingerprint density at radius 2 is 1.78 bits per heavy atom. The molecule has 4 nitrogen and oxygen atoms in total. The van der Waals surface area contributed by atoms with Crippen molar-refractivity contribution in [3.63, 3.8) is 0 Å². The molecule has 1 unspecified atom stereocenters. The Hall–Kier alpha value is -0.160. The maximum Gasteiger partial charge on any atom is 0.151 e. The Balaban J connectivity index is 3.06. The molecule has 6 N–H and O–H groups in total. The number of aliphatic hydroxyl groups excluding tert-OH is 1. The minimum Gasteiger partial charge on any atom is -0.368 e. The summed E-state index contributed by atoms with van der Waals surface area (Å²) in [6, 6.07) is -0.105. The zero-order valence-electron chi connectivity index (χ0n) is 5.33. The van der Waals surface area contributed by atoms with Crippen LogP contribution >= 0.6 is 0 Å². The highest BCUT2D eigenvalue weighted by atomic mass is 16.5. The summed E-state index contributed by atoms with van der Waals surface area (Å²) in [4.78, 5) is 0. The Bertz CT molecular complexity index is 68.0. The third-order valence-corrected chi connectivity index (χ3v) is 1.10. The second-order valence-corrected chi connectivity index (χ2v) is 2.05. The van der Waals surface area contributed by atoms with E-state index in [1.807, 2.05) is 0 Å². The Morgan fingerprint density at radius 1 is 1.22 bits per heavy atom. The lowest BCUT2D eigenvalue weighted by Gasteiger charge is -2.08. The second-order valence-electron chi connectivity index (χ2n) is 2.05. The molecule has 0 aliphatic carbocycles. The van der Waals surface area contributed by atoms with E-state index in [-0.39, 0.29) is 6.04 Å². The van der Waals surface area contributed by atoms with Crippen molar-refractivity contribution < 1.29 is 10.2 Å². The van der Waals surface area contributed by atoms with Gasteiger partial charge in [0.2, 0.25) is 0 Å². The smallest absolute Gasteiger partial charge is 0.151 e. The summed E-state index contributed by atoms with van der Waals surface area (Å²) in [5.74, 6) is 0. The highest BCUT2D eigenvalue weighted by Gasteiger charge is 2.02. The molecular formula is C5H14N2O2. The van der Waals surface area contributed by atoms with Gasteiger partial charge in [-0.15, -0.1) is 0 Å². The summed E-state index contributed by atoms with van der Waals surface area (Å²) in [7, 11) is 0. The minimum absolute atomic E-state index is 0.105. The SMILES string of the molecule is NCC(N)CCC(O)O. The summed E-state index contributed by atoms with van der Waals surface area (Å²) in [6.07, 6.45) is -0.380. The van der Waals surface area contributed by atoms with Crippen molar-refractivity contribution in [2.75, 3.05) is 6.54 Å². The topological polar surface area (TPSA) is 92.5 Å². The summed E-state index contributed by atoms with van der Waals surface area (Å²) < 4.78 is 0. The van der Waals surface area contributed by atoms with Crippen LogP contribution in [-0.4, -0.2) is 29.1 Å². The highest BCUT2D eigenvalue weighted by Crippen LogP contribution is 1.95. The monoisotopic (exact) mass is 134 g/mol. The molecule has 0 saturated heterocycles. The number of nitrogens with two attached hydrogens (primary N) is 2. The summed E-state index contributed by atoms with van der Waals surface area (Å²) in [5, 5.41) is 16.7. The standard InChI is InChI=1S/C5H14N2O2/c6-3-4(7)1-2-5(8)9/h4-5,8-9H,1-3,6-7H2. The lowest BCUT2D eigenvalue weighted by molar-refractivity contribution is -0.0471. The molecule has 0 aromatic rings. The number of aliphatic hydroxyl groups is 2. The molecule has 9 heavy (non-hydrogen) atoms. The molecule has 1 atom stereocenters. The van der Waals surface area contributed by atoms with E-state index in [0.717, 1.165) is 0 Å². The third-order valence-electron chi connectivity index (χ3n) is 1.10. The molecule has 0 fully saturated rings. The van der Waals surface area contributed by atoms with E-state index in [2.05, 4.69) is 0 Å². The molecule has 56 valence electrons. The van der Waals surface area contributed by atoms with Gasteiger partial charge in [0, 0.05) is 12.6 Å². The van der Waals surface area contributed by atoms with Gasteiger partial charge < -0.3 is 21.7 Å². The molecular weight excluding hydrogens is 120 g/mol. The number of rotatable bonds is 4. The van der Waals surface area contributed by atoms with Gasteiger partial charge in [0.25, 0.3) is 0 Å². The quantitative estimate of drug-likeness (QED) is 0.347. The van der Waals surface area contributed by atoms with Crippen LogP contribution in [0.4, 0.5) is 0 Å². The first-order valence-electron chi connectivity index (χ1n) is 2.98. The van der Waals surface area contributed by atoms with Gasteiger partial charge in [-0.25, -0.2) is 0 Å². The fourth-order valence-electron chi connectivity index (χ4n) is 0.481. The molecule has 0 aromatic carbocycles. The normalized spacial score (nSPS) is 14.3. The van der Waals surface area contributed by atoms with Crippen molar-refractivity contribution >= 4 is 0 Å². The number of hydrogen-bond acceptors (Lipinski definition) is 4. The van der Waals surface area contributed by atoms with Crippen molar-refractivity contribution in [3.8, 4) is 0 Å². The van der Waals surface area contributed by atoms with E-state index in [9.17, 15) is 0 Å². The van der Waals surface area contributed by atoms with Crippen molar-refractivity contribution in [2.45, 2.75) is 25.2 Å². The lowest BCUT2D eigenvalue weighted by atomic mass is 10.2. The van der Waals surface area contributed by atoms with Crippen LogP contribution in [0.1, 0.15) is 12.8 Å². The van der Waals surface area contributed by atoms with Crippen LogP contribution in [0.3, 0.4) is 0 Å². The first-order chi connectivity index (χ1) is 4.16. The highest BCUT2D eigenvalue weighted by molar-refractivity contribution is 4.60. The fourth-order valence-corrected chi connectivity index (χ4v) is 0.481. The van der Waals surface area contributed by atoms with E-state index in [4.69, 9.17) is 21.7 Å². The first-order valence-corrected chi connectivity index (χ1v) is 2.98. The van der Waals surface area contributed by atoms with E-state index in [0.29, 0.717) is 19.4 Å². The maximum absolute atomic E-state index is 8.36. The van der Waals surface area contributed by atoms with Crippen LogP contribution in [-0.2, 0) is 0 Å². The molecule has 0 aromatic heterocycles. The molecule has 0 rings (SSSR count). The van der Waals surface area contributed by atoms with Gasteiger partial charge >= 0.3 is 0 Å². The predicted molar refractivity (Wildman–Crippen MR) is 34.5 cm³/mol. The zero-order chi connectivity index (χ0) is 7.28. The average molecular weight is 134 g/mol. The van der Waals surface area contributed by atoms with Gasteiger partial charge in [-0.05, 0) is 12.8 Å². The van der Waals surface area contributed by atoms with Gasteiger partial charge in [-0.1, -0.05) is 0 Å². The summed E-state index contributed by atoms with van der Waals surface area (Å²) >= 11 is 0. The molecule has 0 saturated carbocycles. The van der Waals surface area contributed by atoms with Crippen molar-refractivity contribution in [3.05, 3.63) is 0 Å². The van der Waals surface area contributed by atoms with E-state index < -0.39 is 6.29 Å². The van der Waals surface area contributed by atoms with Crippen LogP contribution in [0.2, 0.25) is 0 Å². The second kappa shape index (κ2) is 4.69. The van der Waals surface area contributed by atoms with Crippen LogP contribution in [0, 0.1) is 0 Å². The summed E-state index contributed by atoms with van der Waals surface area (Å²) in [6.45, 7) is 0.396. The van der Waals surface area contributed by atoms with Gasteiger partial charge in [0.05, 0.1) is 0 Å². The molecule has 0 radical (unpaired) electrons. The molecule has 0 aliphatic heterocycles. The van der Waals surface area contributed by atoms with Gasteiger partial charge in [0.1, 0.15) is 0 Å². The van der Waals surface area contributed by atoms with Crippen LogP contribution in [0.25, 0.3) is 0 Å². The van der Waals surface area contributed by atoms with Crippen molar-refractivity contribution in [1.82, 2.24) is 0 Å². The van der Waals surface area contributed by atoms with E-state index >= 15 is 0 Å². The maximum atomic E-state index is 8.36. The summed E-state index contributed by atoms with van der Waals surface area (Å²) in [5.41, 5.74) is 10.5. The van der Waals surface area contributed by atoms with E-state index in [1.54, 1.807) is 0 Å². The third kappa shape index (κ3) is 5.72. The minimum atomic E-state index is -1.25. The molecule has 4 heteroatoms. The van der Waals surface area contributed by atoms with Crippen LogP contribution < -0.4 is 11.5 Å². The zero-order valence-corrected chi connectivity index (χ0v) is 5.33. The molecule has 0 amide bonds. The van der Waals surface area contributed by atoms with Crippen molar-refractivity contribution in [1.29, 1.82) is 0 Å². The Kier molecular flexibility index (Phi) is 4.61. The predicted octanol–water partition coefficient (Wildman–Crippen LogP) is -1.64. The largest absolute Gasteiger partial charge is 0.368 e. The van der Waals surface area contributed by atoms with Crippen LogP contribution in [0.15, 0.2) is 0 Å². The number of hydrogen-bond donors (Lipinski definition) is 4. The first kappa shape index (κ1) is 8.84. The average Bonchev–Trinajstić information content (AvgIpc) is 1.83. The molecule has 0 bridgehead atoms. The van der Waals surface area contributed by atoms with Gasteiger partial charge in [0.15, 0.2) is 6.29 Å². The van der Waals surface area contributed by atoms with Crippen LogP contribution in [0.5, 0.6) is 0 Å². The molecule has 0 spiro atoms. The Morgan fingerprint density at radius 3 is 2.11 bits per heavy atom. The Labute approximate surface area is 54.5 Å². The van der Waals surface area contributed by atoms with Gasteiger partial charge in [-0.2, -0.15) is 0 Å². The fraction of sp³-hybridized carbons (Fsp3) is 1.00. The van der Waals surface area contributed by atoms with E-state index in [1.165, 1.54) is 0 Å². The molecule has 0 aliphatic rings.